The molecule has 1 aromatic rings. The molecule has 7 heteroatoms. The maximum Gasteiger partial charge on any atom is 0.322 e. The van der Waals surface area contributed by atoms with Crippen molar-refractivity contribution in [1.82, 2.24) is 9.80 Å². The summed E-state index contributed by atoms with van der Waals surface area (Å²) in [5, 5.41) is 5.95. The van der Waals surface area contributed by atoms with Crippen LogP contribution in [0.15, 0.2) is 17.5 Å². The number of nitrogens with zero attached hydrogens (tertiary/aromatic N) is 2. The zero-order valence-electron chi connectivity index (χ0n) is 12.7. The molecule has 1 aromatic heterocycles. The van der Waals surface area contributed by atoms with Gasteiger partial charge in [0.1, 0.15) is 0 Å². The number of rotatable bonds is 3. The Balaban J connectivity index is 1.62. The van der Waals surface area contributed by atoms with E-state index in [0.29, 0.717) is 0 Å². The van der Waals surface area contributed by atoms with Crippen molar-refractivity contribution in [1.29, 1.82) is 0 Å². The van der Waals surface area contributed by atoms with E-state index < -0.39 is 0 Å². The Kier molecular flexibility index (Phi) is 6.00. The Morgan fingerprint density at radius 3 is 3.00 bits per heavy atom. The fourth-order valence-electron chi connectivity index (χ4n) is 2.86. The first-order valence-corrected chi connectivity index (χ1v) is 9.85. The fourth-order valence-corrected chi connectivity index (χ4v) is 4.52. The molecule has 5 nitrogen and oxygen atoms in total. The molecule has 22 heavy (non-hydrogen) atoms. The monoisotopic (exact) mass is 341 g/mol. The SMILES string of the molecule is O=C(Nc1cccs1)N1CCCSC[C@@H]1CN1CCOCC1. The molecule has 0 aliphatic carbocycles. The zero-order valence-corrected chi connectivity index (χ0v) is 14.3. The number of nitrogens with one attached hydrogen (secondary N) is 1. The highest BCUT2D eigenvalue weighted by molar-refractivity contribution is 7.99. The van der Waals surface area contributed by atoms with Crippen LogP contribution in [0.1, 0.15) is 6.42 Å². The molecule has 2 saturated heterocycles. The fraction of sp³-hybridized carbons (Fsp3) is 0.667. The quantitative estimate of drug-likeness (QED) is 0.917. The third-order valence-corrected chi connectivity index (χ3v) is 6.01. The van der Waals surface area contributed by atoms with Gasteiger partial charge in [-0.05, 0) is 29.7 Å². The van der Waals surface area contributed by atoms with Gasteiger partial charge < -0.3 is 9.64 Å². The van der Waals surface area contributed by atoms with Crippen molar-refractivity contribution in [2.75, 3.05) is 56.2 Å². The maximum atomic E-state index is 12.6. The van der Waals surface area contributed by atoms with Crippen molar-refractivity contribution >= 4 is 34.1 Å². The van der Waals surface area contributed by atoms with Crippen LogP contribution < -0.4 is 5.32 Å². The molecule has 0 radical (unpaired) electrons. The second-order valence-corrected chi connectivity index (χ2v) is 7.69. The number of urea groups is 1. The molecule has 3 heterocycles. The van der Waals surface area contributed by atoms with Crippen LogP contribution in [0.3, 0.4) is 0 Å². The van der Waals surface area contributed by atoms with Crippen LogP contribution in [0, 0.1) is 0 Å². The highest BCUT2D eigenvalue weighted by atomic mass is 32.2. The second kappa shape index (κ2) is 8.19. The highest BCUT2D eigenvalue weighted by Gasteiger charge is 2.28. The van der Waals surface area contributed by atoms with E-state index in [1.54, 1.807) is 11.3 Å². The van der Waals surface area contributed by atoms with E-state index in [2.05, 4.69) is 10.2 Å². The molecule has 0 bridgehead atoms. The Bertz CT molecular complexity index is 463. The smallest absolute Gasteiger partial charge is 0.322 e. The minimum atomic E-state index is 0.0446. The van der Waals surface area contributed by atoms with Gasteiger partial charge >= 0.3 is 6.03 Å². The predicted octanol–water partition coefficient (Wildman–Crippen LogP) is 2.42. The molecule has 2 aliphatic rings. The summed E-state index contributed by atoms with van der Waals surface area (Å²) in [6, 6.07) is 4.24. The van der Waals surface area contributed by atoms with Gasteiger partial charge in [0.25, 0.3) is 0 Å². The first-order valence-electron chi connectivity index (χ1n) is 7.82. The third kappa shape index (κ3) is 4.38. The molecule has 2 aliphatic heterocycles. The van der Waals surface area contributed by atoms with Crippen LogP contribution in [0.4, 0.5) is 9.80 Å². The number of carbonyl (C=O) groups is 1. The minimum absolute atomic E-state index is 0.0446. The van der Waals surface area contributed by atoms with E-state index in [1.807, 2.05) is 34.2 Å². The number of hydrogen-bond acceptors (Lipinski definition) is 5. The molecular weight excluding hydrogens is 318 g/mol. The molecule has 1 atom stereocenters. The van der Waals surface area contributed by atoms with Gasteiger partial charge in [0.15, 0.2) is 0 Å². The van der Waals surface area contributed by atoms with Gasteiger partial charge in [-0.15, -0.1) is 11.3 Å². The van der Waals surface area contributed by atoms with E-state index in [9.17, 15) is 4.79 Å². The number of hydrogen-bond donors (Lipinski definition) is 1. The molecule has 0 aromatic carbocycles. The van der Waals surface area contributed by atoms with Crippen LogP contribution in [0.5, 0.6) is 0 Å². The summed E-state index contributed by atoms with van der Waals surface area (Å²) < 4.78 is 5.42. The second-order valence-electron chi connectivity index (χ2n) is 5.60. The summed E-state index contributed by atoms with van der Waals surface area (Å²) in [4.78, 5) is 17.1. The van der Waals surface area contributed by atoms with Crippen molar-refractivity contribution in [2.24, 2.45) is 0 Å². The zero-order chi connectivity index (χ0) is 15.2. The van der Waals surface area contributed by atoms with Crippen molar-refractivity contribution in [3.63, 3.8) is 0 Å². The number of amides is 2. The molecular formula is C15H23N3O2S2. The summed E-state index contributed by atoms with van der Waals surface area (Å²) >= 11 is 3.53. The number of carbonyl (C=O) groups excluding carboxylic acids is 1. The Morgan fingerprint density at radius 1 is 1.36 bits per heavy atom. The van der Waals surface area contributed by atoms with Crippen LogP contribution in [0.2, 0.25) is 0 Å². The molecule has 2 fully saturated rings. The first kappa shape index (κ1) is 16.1. The molecule has 1 N–H and O–H groups in total. The van der Waals surface area contributed by atoms with Gasteiger partial charge in [0.2, 0.25) is 0 Å². The summed E-state index contributed by atoms with van der Waals surface area (Å²) in [5.74, 6) is 2.16. The first-order chi connectivity index (χ1) is 10.8. The van der Waals surface area contributed by atoms with E-state index in [-0.39, 0.29) is 12.1 Å². The van der Waals surface area contributed by atoms with E-state index >= 15 is 0 Å². The summed E-state index contributed by atoms with van der Waals surface area (Å²) in [6.07, 6.45) is 1.07. The van der Waals surface area contributed by atoms with Gasteiger partial charge in [-0.2, -0.15) is 11.8 Å². The van der Waals surface area contributed by atoms with Gasteiger partial charge in [0, 0.05) is 31.9 Å². The minimum Gasteiger partial charge on any atom is -0.379 e. The van der Waals surface area contributed by atoms with E-state index in [1.165, 1.54) is 0 Å². The lowest BCUT2D eigenvalue weighted by molar-refractivity contribution is 0.0288. The maximum absolute atomic E-state index is 12.6. The topological polar surface area (TPSA) is 44.8 Å². The Labute approximate surface area is 140 Å². The van der Waals surface area contributed by atoms with Crippen LogP contribution in [-0.4, -0.2) is 72.8 Å². The molecule has 3 rings (SSSR count). The third-order valence-electron chi connectivity index (χ3n) is 4.02. The molecule has 2 amide bonds. The van der Waals surface area contributed by atoms with Gasteiger partial charge in [-0.25, -0.2) is 4.79 Å². The summed E-state index contributed by atoms with van der Waals surface area (Å²) in [5.41, 5.74) is 0. The Morgan fingerprint density at radius 2 is 2.23 bits per heavy atom. The van der Waals surface area contributed by atoms with Crippen molar-refractivity contribution in [3.8, 4) is 0 Å². The van der Waals surface area contributed by atoms with Gasteiger partial charge in [-0.3, -0.25) is 10.2 Å². The van der Waals surface area contributed by atoms with Crippen molar-refractivity contribution in [2.45, 2.75) is 12.5 Å². The molecule has 0 spiro atoms. The van der Waals surface area contributed by atoms with Crippen molar-refractivity contribution < 1.29 is 9.53 Å². The molecule has 0 unspecified atom stereocenters. The van der Waals surface area contributed by atoms with Crippen LogP contribution >= 0.6 is 23.1 Å². The molecule has 0 saturated carbocycles. The lowest BCUT2D eigenvalue weighted by Gasteiger charge is -2.35. The standard InChI is InChI=1S/C15H23N3O2S2/c19-15(16-14-3-1-10-22-14)18-4-2-9-21-12-13(18)11-17-5-7-20-8-6-17/h1,3,10,13H,2,4-9,11-12H2,(H,16,19)/t13-/m0/s1. The van der Waals surface area contributed by atoms with Crippen molar-refractivity contribution in [3.05, 3.63) is 17.5 Å². The normalized spacial score (nSPS) is 24.0. The number of ether oxygens (including phenoxy) is 1. The summed E-state index contributed by atoms with van der Waals surface area (Å²) in [6.45, 7) is 5.36. The number of anilines is 1. The largest absolute Gasteiger partial charge is 0.379 e. The number of thioether (sulfide) groups is 1. The average Bonchev–Trinajstić information content (AvgIpc) is 2.93. The molecule has 122 valence electrons. The predicted molar refractivity (Wildman–Crippen MR) is 93.0 cm³/mol. The average molecular weight is 342 g/mol. The van der Waals surface area contributed by atoms with Crippen LogP contribution in [0.25, 0.3) is 0 Å². The lowest BCUT2D eigenvalue weighted by Crippen LogP contribution is -2.51. The van der Waals surface area contributed by atoms with Crippen LogP contribution in [-0.2, 0) is 4.74 Å². The van der Waals surface area contributed by atoms with E-state index in [0.717, 1.165) is 62.3 Å². The number of morpholine rings is 1. The Hall–Kier alpha value is -0.760. The number of thiophene rings is 1. The van der Waals surface area contributed by atoms with Gasteiger partial charge in [-0.1, -0.05) is 0 Å². The summed E-state index contributed by atoms with van der Waals surface area (Å²) in [7, 11) is 0. The van der Waals surface area contributed by atoms with Gasteiger partial charge in [0.05, 0.1) is 24.3 Å². The highest BCUT2D eigenvalue weighted by Crippen LogP contribution is 2.21. The lowest BCUT2D eigenvalue weighted by atomic mass is 10.2. The van der Waals surface area contributed by atoms with E-state index in [4.69, 9.17) is 4.74 Å².